The fourth-order valence-corrected chi connectivity index (χ4v) is 5.14. The van der Waals surface area contributed by atoms with Crippen LogP contribution in [-0.2, 0) is 0 Å². The van der Waals surface area contributed by atoms with Crippen LogP contribution >= 0.6 is 0 Å². The smallest absolute Gasteiger partial charge is 0.303 e. The minimum Gasteiger partial charge on any atom is -0.303 e. The lowest BCUT2D eigenvalue weighted by Crippen LogP contribution is -2.39. The molecule has 33 heavy (non-hydrogen) atoms. The number of ketones is 1. The molecule has 4 aromatic rings. The van der Waals surface area contributed by atoms with Gasteiger partial charge in [-0.1, -0.05) is 49.4 Å². The third kappa shape index (κ3) is 4.35. The van der Waals surface area contributed by atoms with E-state index in [1.807, 2.05) is 36.4 Å². The van der Waals surface area contributed by atoms with Crippen LogP contribution in [-0.4, -0.2) is 39.9 Å². The van der Waals surface area contributed by atoms with Gasteiger partial charge in [-0.05, 0) is 47.7 Å². The van der Waals surface area contributed by atoms with E-state index in [1.165, 1.54) is 6.07 Å². The number of aromatic amines is 1. The number of likely N-dealkylation sites (tertiary alicyclic amines) is 1. The first-order chi connectivity index (χ1) is 16.0. The number of carbonyl (C=O) groups excluding carboxylic acids is 1. The fourth-order valence-electron chi connectivity index (χ4n) is 5.14. The standard InChI is InChI=1S/C27H28FN3O2/c1-18(15-25(32)21-10-9-19-5-2-3-6-20(19)16-21)17-30-13-11-22(12-14-30)31-24-8-4-7-23(28)26(24)29-27(31)33/h2-10,16,18,22H,11-15,17H2,1H3,(H,29,33)/t18-/m1/s1. The first-order valence-electron chi connectivity index (χ1n) is 11.6. The minimum atomic E-state index is -0.398. The van der Waals surface area contributed by atoms with E-state index in [9.17, 15) is 14.0 Å². The molecule has 0 radical (unpaired) electrons. The van der Waals surface area contributed by atoms with Crippen molar-refractivity contribution in [3.63, 3.8) is 0 Å². The molecule has 0 amide bonds. The normalized spacial score (nSPS) is 16.4. The third-order valence-electron chi connectivity index (χ3n) is 6.80. The lowest BCUT2D eigenvalue weighted by Gasteiger charge is -2.34. The third-order valence-corrected chi connectivity index (χ3v) is 6.80. The van der Waals surface area contributed by atoms with Gasteiger partial charge in [0.2, 0.25) is 0 Å². The number of fused-ring (bicyclic) bond motifs is 2. The lowest BCUT2D eigenvalue weighted by molar-refractivity contribution is 0.0941. The Hall–Kier alpha value is -3.25. The highest BCUT2D eigenvalue weighted by atomic mass is 19.1. The van der Waals surface area contributed by atoms with Gasteiger partial charge in [-0.25, -0.2) is 9.18 Å². The van der Waals surface area contributed by atoms with Gasteiger partial charge in [0.1, 0.15) is 11.3 Å². The highest BCUT2D eigenvalue weighted by molar-refractivity contribution is 6.00. The number of para-hydroxylation sites is 1. The molecule has 1 atom stereocenters. The number of H-pyrrole nitrogens is 1. The monoisotopic (exact) mass is 445 g/mol. The van der Waals surface area contributed by atoms with Crippen LogP contribution in [0, 0.1) is 11.7 Å². The van der Waals surface area contributed by atoms with Gasteiger partial charge in [-0.2, -0.15) is 0 Å². The number of nitrogens with zero attached hydrogens (tertiary/aromatic N) is 2. The molecule has 2 heterocycles. The maximum Gasteiger partial charge on any atom is 0.326 e. The van der Waals surface area contributed by atoms with Crippen molar-refractivity contribution in [2.75, 3.05) is 19.6 Å². The number of piperidine rings is 1. The fraction of sp³-hybridized carbons (Fsp3) is 0.333. The summed E-state index contributed by atoms with van der Waals surface area (Å²) in [6.07, 6.45) is 2.17. The molecule has 1 aliphatic heterocycles. The van der Waals surface area contributed by atoms with Crippen LogP contribution in [0.1, 0.15) is 42.6 Å². The van der Waals surface area contributed by atoms with E-state index in [0.29, 0.717) is 11.9 Å². The van der Waals surface area contributed by atoms with Crippen molar-refractivity contribution in [3.8, 4) is 0 Å². The molecule has 6 heteroatoms. The van der Waals surface area contributed by atoms with Crippen molar-refractivity contribution in [1.82, 2.24) is 14.5 Å². The van der Waals surface area contributed by atoms with E-state index in [0.717, 1.165) is 48.8 Å². The highest BCUT2D eigenvalue weighted by Gasteiger charge is 2.25. The number of halogens is 1. The maximum absolute atomic E-state index is 14.0. The predicted molar refractivity (Wildman–Crippen MR) is 129 cm³/mol. The number of nitrogens with one attached hydrogen (secondary N) is 1. The molecule has 5 nitrogen and oxygen atoms in total. The molecule has 0 saturated carbocycles. The number of benzene rings is 3. The summed E-state index contributed by atoms with van der Waals surface area (Å²) < 4.78 is 15.7. The molecular weight excluding hydrogens is 417 g/mol. The van der Waals surface area contributed by atoms with Crippen molar-refractivity contribution in [2.24, 2.45) is 5.92 Å². The van der Waals surface area contributed by atoms with Crippen LogP contribution in [0.5, 0.6) is 0 Å². The number of hydrogen-bond acceptors (Lipinski definition) is 3. The van der Waals surface area contributed by atoms with E-state index in [4.69, 9.17) is 0 Å². The summed E-state index contributed by atoms with van der Waals surface area (Å²) in [6, 6.07) is 18.9. The molecule has 0 spiro atoms. The number of hydrogen-bond donors (Lipinski definition) is 1. The summed E-state index contributed by atoms with van der Waals surface area (Å²) in [6.45, 7) is 4.68. The zero-order valence-electron chi connectivity index (χ0n) is 18.8. The second-order valence-electron chi connectivity index (χ2n) is 9.26. The molecule has 1 N–H and O–H groups in total. The Balaban J connectivity index is 1.19. The molecule has 1 fully saturated rings. The Labute approximate surface area is 191 Å². The Morgan fingerprint density at radius 2 is 1.82 bits per heavy atom. The molecule has 1 saturated heterocycles. The molecule has 3 aromatic carbocycles. The number of rotatable bonds is 6. The Morgan fingerprint density at radius 3 is 2.61 bits per heavy atom. The van der Waals surface area contributed by atoms with Crippen LogP contribution in [0.15, 0.2) is 65.5 Å². The van der Waals surface area contributed by atoms with E-state index < -0.39 is 5.82 Å². The van der Waals surface area contributed by atoms with Gasteiger partial charge in [-0.15, -0.1) is 0 Å². The Bertz CT molecular complexity index is 1360. The van der Waals surface area contributed by atoms with Crippen LogP contribution in [0.3, 0.4) is 0 Å². The zero-order valence-corrected chi connectivity index (χ0v) is 18.8. The molecular formula is C27H28FN3O2. The van der Waals surface area contributed by atoms with Gasteiger partial charge in [0.05, 0.1) is 5.52 Å². The molecule has 170 valence electrons. The summed E-state index contributed by atoms with van der Waals surface area (Å²) in [5.41, 5.74) is 1.44. The number of Topliss-reactive ketones (excluding diaryl/α,β-unsaturated/α-hetero) is 1. The average molecular weight is 446 g/mol. The Kier molecular flexibility index (Phi) is 5.85. The second-order valence-corrected chi connectivity index (χ2v) is 9.26. The van der Waals surface area contributed by atoms with Crippen molar-refractivity contribution >= 4 is 27.6 Å². The lowest BCUT2D eigenvalue weighted by atomic mass is 9.96. The molecule has 0 bridgehead atoms. The van der Waals surface area contributed by atoms with Crippen molar-refractivity contribution in [1.29, 1.82) is 0 Å². The van der Waals surface area contributed by atoms with Gasteiger partial charge < -0.3 is 9.88 Å². The Morgan fingerprint density at radius 1 is 1.06 bits per heavy atom. The topological polar surface area (TPSA) is 58.1 Å². The zero-order chi connectivity index (χ0) is 22.9. The maximum atomic E-state index is 14.0. The molecule has 0 aliphatic carbocycles. The highest BCUT2D eigenvalue weighted by Crippen LogP contribution is 2.26. The molecule has 1 aliphatic rings. The summed E-state index contributed by atoms with van der Waals surface area (Å²) in [5, 5.41) is 2.23. The van der Waals surface area contributed by atoms with Crippen molar-refractivity contribution < 1.29 is 9.18 Å². The first kappa shape index (κ1) is 21.6. The van der Waals surface area contributed by atoms with E-state index in [1.54, 1.807) is 16.7 Å². The van der Waals surface area contributed by atoms with Gasteiger partial charge in [0, 0.05) is 37.7 Å². The summed E-state index contributed by atoms with van der Waals surface area (Å²) in [4.78, 5) is 30.4. The van der Waals surface area contributed by atoms with Crippen LogP contribution in [0.2, 0.25) is 0 Å². The minimum absolute atomic E-state index is 0.0545. The van der Waals surface area contributed by atoms with Gasteiger partial charge >= 0.3 is 5.69 Å². The average Bonchev–Trinajstić information content (AvgIpc) is 3.16. The first-order valence-corrected chi connectivity index (χ1v) is 11.6. The number of aromatic nitrogens is 2. The molecule has 5 rings (SSSR count). The van der Waals surface area contributed by atoms with E-state index in [-0.39, 0.29) is 28.9 Å². The summed E-state index contributed by atoms with van der Waals surface area (Å²) in [7, 11) is 0. The number of imidazole rings is 1. The van der Waals surface area contributed by atoms with Gasteiger partial charge in [0.15, 0.2) is 5.78 Å². The van der Waals surface area contributed by atoms with Crippen molar-refractivity contribution in [2.45, 2.75) is 32.2 Å². The molecule has 1 aromatic heterocycles. The van der Waals surface area contributed by atoms with Gasteiger partial charge in [-0.3, -0.25) is 9.36 Å². The van der Waals surface area contributed by atoms with E-state index in [2.05, 4.69) is 22.9 Å². The summed E-state index contributed by atoms with van der Waals surface area (Å²) >= 11 is 0. The largest absolute Gasteiger partial charge is 0.326 e. The van der Waals surface area contributed by atoms with Crippen LogP contribution < -0.4 is 5.69 Å². The number of carbonyl (C=O) groups is 1. The SMILES string of the molecule is C[C@H](CC(=O)c1ccc2ccccc2c1)CN1CCC(n2c(=O)[nH]c3c(F)cccc32)CC1. The quantitative estimate of drug-likeness (QED) is 0.417. The van der Waals surface area contributed by atoms with Crippen LogP contribution in [0.25, 0.3) is 21.8 Å². The van der Waals surface area contributed by atoms with Gasteiger partial charge in [0.25, 0.3) is 0 Å². The summed E-state index contributed by atoms with van der Waals surface area (Å²) in [5.74, 6) is 0.0200. The van der Waals surface area contributed by atoms with E-state index >= 15 is 0 Å². The van der Waals surface area contributed by atoms with Crippen LogP contribution in [0.4, 0.5) is 4.39 Å². The van der Waals surface area contributed by atoms with Crippen molar-refractivity contribution in [3.05, 3.63) is 82.5 Å². The molecule has 0 unspecified atom stereocenters. The predicted octanol–water partition coefficient (Wildman–Crippen LogP) is 5.17. The second kappa shape index (κ2) is 8.94.